The van der Waals surface area contributed by atoms with E-state index in [2.05, 4.69) is 50.2 Å². The van der Waals surface area contributed by atoms with Gasteiger partial charge in [0.2, 0.25) is 5.91 Å². The van der Waals surface area contributed by atoms with Gasteiger partial charge in [0, 0.05) is 38.3 Å². The molecular formula is C20H26N4O. The molecule has 0 radical (unpaired) electrons. The molecule has 5 nitrogen and oxygen atoms in total. The fourth-order valence-electron chi connectivity index (χ4n) is 4.04. The molecule has 25 heavy (non-hydrogen) atoms. The first-order valence-electron chi connectivity index (χ1n) is 9.24. The van der Waals surface area contributed by atoms with Gasteiger partial charge in [-0.3, -0.25) is 9.69 Å². The van der Waals surface area contributed by atoms with E-state index >= 15 is 0 Å². The third-order valence-corrected chi connectivity index (χ3v) is 5.55. The molecule has 0 aliphatic carbocycles. The van der Waals surface area contributed by atoms with Crippen LogP contribution in [0.1, 0.15) is 36.0 Å². The van der Waals surface area contributed by atoms with E-state index in [1.165, 1.54) is 11.1 Å². The SMILES string of the molecule is Cc1cn2c(n1)CCC(NC(=O)C(C)N1CCc3ccccc3C1)C2. The largest absolute Gasteiger partial charge is 0.350 e. The average Bonchev–Trinajstić information content (AvgIpc) is 3.00. The normalized spacial score (nSPS) is 21.3. The number of carbonyl (C=O) groups excluding carboxylic acids is 1. The molecule has 0 saturated heterocycles. The number of hydrogen-bond donors (Lipinski definition) is 1. The van der Waals surface area contributed by atoms with E-state index in [4.69, 9.17) is 0 Å². The van der Waals surface area contributed by atoms with Gasteiger partial charge in [-0.1, -0.05) is 24.3 Å². The van der Waals surface area contributed by atoms with Crippen LogP contribution in [0, 0.1) is 6.92 Å². The summed E-state index contributed by atoms with van der Waals surface area (Å²) in [6.07, 6.45) is 5.01. The van der Waals surface area contributed by atoms with Gasteiger partial charge >= 0.3 is 0 Å². The molecule has 3 heterocycles. The number of hydrogen-bond acceptors (Lipinski definition) is 3. The molecule has 0 saturated carbocycles. The number of aryl methyl sites for hydroxylation is 2. The van der Waals surface area contributed by atoms with Crippen LogP contribution >= 0.6 is 0 Å². The predicted molar refractivity (Wildman–Crippen MR) is 97.2 cm³/mol. The van der Waals surface area contributed by atoms with Gasteiger partial charge in [-0.2, -0.15) is 0 Å². The standard InChI is InChI=1S/C20H26N4O/c1-14-11-24-13-18(7-8-19(24)21-14)22-20(25)15(2)23-10-9-16-5-3-4-6-17(16)12-23/h3-6,11,15,18H,7-10,12-13H2,1-2H3,(H,22,25). The number of benzene rings is 1. The molecular weight excluding hydrogens is 312 g/mol. The summed E-state index contributed by atoms with van der Waals surface area (Å²) >= 11 is 0. The second-order valence-corrected chi connectivity index (χ2v) is 7.36. The van der Waals surface area contributed by atoms with Gasteiger partial charge in [-0.15, -0.1) is 0 Å². The number of imidazole rings is 1. The highest BCUT2D eigenvalue weighted by Gasteiger charge is 2.28. The van der Waals surface area contributed by atoms with Crippen LogP contribution in [-0.4, -0.2) is 39.0 Å². The van der Waals surface area contributed by atoms with Crippen molar-refractivity contribution in [3.8, 4) is 0 Å². The van der Waals surface area contributed by atoms with Crippen molar-refractivity contribution in [1.82, 2.24) is 19.8 Å². The second kappa shape index (κ2) is 6.64. The molecule has 0 bridgehead atoms. The van der Waals surface area contributed by atoms with Crippen LogP contribution in [0.25, 0.3) is 0 Å². The number of aromatic nitrogens is 2. The van der Waals surface area contributed by atoms with E-state index in [0.717, 1.165) is 50.4 Å². The van der Waals surface area contributed by atoms with E-state index in [0.29, 0.717) is 0 Å². The van der Waals surface area contributed by atoms with Crippen molar-refractivity contribution in [2.24, 2.45) is 0 Å². The Labute approximate surface area is 149 Å². The molecule has 2 aliphatic rings. The Balaban J connectivity index is 1.37. The molecule has 4 rings (SSSR count). The summed E-state index contributed by atoms with van der Waals surface area (Å²) in [4.78, 5) is 19.6. The zero-order valence-electron chi connectivity index (χ0n) is 15.0. The molecule has 1 aromatic carbocycles. The highest BCUT2D eigenvalue weighted by atomic mass is 16.2. The van der Waals surface area contributed by atoms with Crippen LogP contribution in [0.2, 0.25) is 0 Å². The van der Waals surface area contributed by atoms with E-state index in [-0.39, 0.29) is 18.0 Å². The van der Waals surface area contributed by atoms with Crippen molar-refractivity contribution >= 4 is 5.91 Å². The van der Waals surface area contributed by atoms with E-state index in [1.54, 1.807) is 0 Å². The third kappa shape index (κ3) is 3.33. The highest BCUT2D eigenvalue weighted by molar-refractivity contribution is 5.81. The molecule has 2 aromatic rings. The van der Waals surface area contributed by atoms with Crippen molar-refractivity contribution < 1.29 is 4.79 Å². The first-order valence-corrected chi connectivity index (χ1v) is 9.24. The maximum atomic E-state index is 12.8. The Morgan fingerprint density at radius 3 is 2.92 bits per heavy atom. The van der Waals surface area contributed by atoms with Gasteiger partial charge in [0.25, 0.3) is 0 Å². The number of rotatable bonds is 3. The first kappa shape index (κ1) is 16.3. The van der Waals surface area contributed by atoms with Gasteiger partial charge in [-0.25, -0.2) is 4.98 Å². The lowest BCUT2D eigenvalue weighted by molar-refractivity contribution is -0.127. The minimum Gasteiger partial charge on any atom is -0.350 e. The van der Waals surface area contributed by atoms with Crippen LogP contribution in [0.3, 0.4) is 0 Å². The summed E-state index contributed by atoms with van der Waals surface area (Å²) in [6.45, 7) is 6.69. The van der Waals surface area contributed by atoms with Gasteiger partial charge < -0.3 is 9.88 Å². The van der Waals surface area contributed by atoms with Crippen molar-refractivity contribution in [3.05, 3.63) is 53.1 Å². The topological polar surface area (TPSA) is 50.2 Å². The number of amides is 1. The Kier molecular flexibility index (Phi) is 4.34. The van der Waals surface area contributed by atoms with Crippen molar-refractivity contribution in [3.63, 3.8) is 0 Å². The quantitative estimate of drug-likeness (QED) is 0.932. The maximum absolute atomic E-state index is 12.8. The van der Waals surface area contributed by atoms with Crippen LogP contribution in [0.4, 0.5) is 0 Å². The van der Waals surface area contributed by atoms with Gasteiger partial charge in [-0.05, 0) is 37.8 Å². The molecule has 2 unspecified atom stereocenters. The Hall–Kier alpha value is -2.14. The van der Waals surface area contributed by atoms with E-state index in [9.17, 15) is 4.79 Å². The van der Waals surface area contributed by atoms with E-state index in [1.807, 2.05) is 13.8 Å². The van der Waals surface area contributed by atoms with Gasteiger partial charge in [0.15, 0.2) is 0 Å². The summed E-state index contributed by atoms with van der Waals surface area (Å²) in [6, 6.07) is 8.66. The third-order valence-electron chi connectivity index (χ3n) is 5.55. The summed E-state index contributed by atoms with van der Waals surface area (Å²) < 4.78 is 2.19. The van der Waals surface area contributed by atoms with Crippen molar-refractivity contribution in [2.45, 2.75) is 58.3 Å². The zero-order valence-corrected chi connectivity index (χ0v) is 15.0. The van der Waals surface area contributed by atoms with Crippen LogP contribution < -0.4 is 5.32 Å². The highest BCUT2D eigenvalue weighted by Crippen LogP contribution is 2.21. The summed E-state index contributed by atoms with van der Waals surface area (Å²) in [5.74, 6) is 1.29. The lowest BCUT2D eigenvalue weighted by Gasteiger charge is -2.34. The molecule has 2 aliphatic heterocycles. The summed E-state index contributed by atoms with van der Waals surface area (Å²) in [5, 5.41) is 3.26. The zero-order chi connectivity index (χ0) is 17.4. The molecule has 1 amide bonds. The lowest BCUT2D eigenvalue weighted by Crippen LogP contribution is -2.51. The molecule has 0 fully saturated rings. The molecule has 1 aromatic heterocycles. The number of nitrogens with zero attached hydrogens (tertiary/aromatic N) is 3. The first-order chi connectivity index (χ1) is 12.1. The molecule has 1 N–H and O–H groups in total. The Morgan fingerprint density at radius 1 is 1.28 bits per heavy atom. The second-order valence-electron chi connectivity index (χ2n) is 7.36. The minimum atomic E-state index is -0.0979. The van der Waals surface area contributed by atoms with Crippen LogP contribution in [0.5, 0.6) is 0 Å². The monoisotopic (exact) mass is 338 g/mol. The predicted octanol–water partition coefficient (Wildman–Crippen LogP) is 2.07. The minimum absolute atomic E-state index is 0.0979. The van der Waals surface area contributed by atoms with E-state index < -0.39 is 0 Å². The van der Waals surface area contributed by atoms with Crippen LogP contribution in [-0.2, 0) is 30.7 Å². The average molecular weight is 338 g/mol. The van der Waals surface area contributed by atoms with Crippen molar-refractivity contribution in [2.75, 3.05) is 6.54 Å². The fourth-order valence-corrected chi connectivity index (χ4v) is 4.04. The van der Waals surface area contributed by atoms with Gasteiger partial charge in [0.1, 0.15) is 5.82 Å². The fraction of sp³-hybridized carbons (Fsp3) is 0.500. The smallest absolute Gasteiger partial charge is 0.237 e. The number of nitrogens with one attached hydrogen (secondary N) is 1. The summed E-state index contributed by atoms with van der Waals surface area (Å²) in [7, 11) is 0. The van der Waals surface area contributed by atoms with Crippen LogP contribution in [0.15, 0.2) is 30.5 Å². The number of carbonyl (C=O) groups is 1. The molecule has 0 spiro atoms. The maximum Gasteiger partial charge on any atom is 0.237 e. The molecule has 5 heteroatoms. The molecule has 132 valence electrons. The van der Waals surface area contributed by atoms with Gasteiger partial charge in [0.05, 0.1) is 11.7 Å². The lowest BCUT2D eigenvalue weighted by atomic mass is 9.98. The Bertz CT molecular complexity index is 782. The number of fused-ring (bicyclic) bond motifs is 2. The Morgan fingerprint density at radius 2 is 2.08 bits per heavy atom. The molecule has 2 atom stereocenters. The summed E-state index contributed by atoms with van der Waals surface area (Å²) in [5.41, 5.74) is 3.83. The van der Waals surface area contributed by atoms with Crippen molar-refractivity contribution in [1.29, 1.82) is 0 Å².